The first-order valence-electron chi connectivity index (χ1n) is 8.19. The third-order valence-corrected chi connectivity index (χ3v) is 5.59. The van der Waals surface area contributed by atoms with Crippen molar-refractivity contribution >= 4 is 40.9 Å². The molecule has 7 heteroatoms. The second kappa shape index (κ2) is 9.34. The Kier molecular flexibility index (Phi) is 6.62. The van der Waals surface area contributed by atoms with Crippen molar-refractivity contribution < 1.29 is 9.59 Å². The van der Waals surface area contributed by atoms with Crippen LogP contribution in [0.25, 0.3) is 0 Å². The van der Waals surface area contributed by atoms with Crippen molar-refractivity contribution in [2.24, 2.45) is 0 Å². The molecule has 3 aromatic rings. The van der Waals surface area contributed by atoms with E-state index < -0.39 is 0 Å². The third kappa shape index (κ3) is 5.67. The standard InChI is InChI=1S/C20H17N3O2S2/c1-14(24)15-6-5-7-16(12-15)23-18(25)13-26-19-20(22-11-10-21-19)27-17-8-3-2-4-9-17/h2-12H,13H2,1H3,(H,23,25). The minimum atomic E-state index is -0.165. The van der Waals surface area contributed by atoms with Crippen molar-refractivity contribution in [3.05, 3.63) is 72.6 Å². The van der Waals surface area contributed by atoms with Gasteiger partial charge in [0.1, 0.15) is 10.1 Å². The summed E-state index contributed by atoms with van der Waals surface area (Å²) >= 11 is 2.84. The summed E-state index contributed by atoms with van der Waals surface area (Å²) in [6, 6.07) is 16.8. The molecule has 2 aromatic carbocycles. The summed E-state index contributed by atoms with van der Waals surface area (Å²) in [4.78, 5) is 33.5. The van der Waals surface area contributed by atoms with Gasteiger partial charge in [-0.05, 0) is 31.2 Å². The topological polar surface area (TPSA) is 72.0 Å². The van der Waals surface area contributed by atoms with Crippen LogP contribution in [0, 0.1) is 0 Å². The number of carbonyl (C=O) groups excluding carboxylic acids is 2. The van der Waals surface area contributed by atoms with E-state index in [1.165, 1.54) is 30.4 Å². The molecule has 0 atom stereocenters. The molecule has 0 bridgehead atoms. The minimum Gasteiger partial charge on any atom is -0.325 e. The molecular weight excluding hydrogens is 378 g/mol. The number of anilines is 1. The first kappa shape index (κ1) is 19.1. The van der Waals surface area contributed by atoms with Crippen molar-refractivity contribution in [1.29, 1.82) is 0 Å². The summed E-state index contributed by atoms with van der Waals surface area (Å²) in [7, 11) is 0. The molecule has 0 unspecified atom stereocenters. The minimum absolute atomic E-state index is 0.0392. The Hall–Kier alpha value is -2.64. The molecule has 136 valence electrons. The number of nitrogens with zero attached hydrogens (tertiary/aromatic N) is 2. The molecule has 3 rings (SSSR count). The van der Waals surface area contributed by atoms with Gasteiger partial charge in [0, 0.05) is 28.5 Å². The Morgan fingerprint density at radius 3 is 2.44 bits per heavy atom. The van der Waals surface area contributed by atoms with E-state index in [0.29, 0.717) is 16.3 Å². The lowest BCUT2D eigenvalue weighted by molar-refractivity contribution is -0.113. The molecule has 0 radical (unpaired) electrons. The lowest BCUT2D eigenvalue weighted by Crippen LogP contribution is -2.14. The van der Waals surface area contributed by atoms with Gasteiger partial charge in [-0.15, -0.1) is 0 Å². The van der Waals surface area contributed by atoms with Gasteiger partial charge in [0.15, 0.2) is 5.78 Å². The number of amides is 1. The highest BCUT2D eigenvalue weighted by molar-refractivity contribution is 8.02. The smallest absolute Gasteiger partial charge is 0.234 e. The molecule has 1 heterocycles. The molecule has 1 N–H and O–H groups in total. The largest absolute Gasteiger partial charge is 0.325 e. The van der Waals surface area contributed by atoms with E-state index >= 15 is 0 Å². The lowest BCUT2D eigenvalue weighted by Gasteiger charge is -2.08. The summed E-state index contributed by atoms with van der Waals surface area (Å²) in [5.74, 6) is -0.00430. The van der Waals surface area contributed by atoms with Crippen LogP contribution < -0.4 is 5.32 Å². The Balaban J connectivity index is 1.62. The maximum Gasteiger partial charge on any atom is 0.234 e. The van der Waals surface area contributed by atoms with Crippen LogP contribution in [0.3, 0.4) is 0 Å². The number of hydrogen-bond acceptors (Lipinski definition) is 6. The molecular formula is C20H17N3O2S2. The number of ketones is 1. The van der Waals surface area contributed by atoms with E-state index in [9.17, 15) is 9.59 Å². The zero-order chi connectivity index (χ0) is 19.1. The zero-order valence-electron chi connectivity index (χ0n) is 14.6. The summed E-state index contributed by atoms with van der Waals surface area (Å²) in [5, 5.41) is 4.28. The van der Waals surface area contributed by atoms with Gasteiger partial charge in [0.05, 0.1) is 5.75 Å². The predicted octanol–water partition coefficient (Wildman–Crippen LogP) is 4.56. The van der Waals surface area contributed by atoms with E-state index in [-0.39, 0.29) is 17.4 Å². The fourth-order valence-corrected chi connectivity index (χ4v) is 3.95. The molecule has 0 saturated heterocycles. The first-order chi connectivity index (χ1) is 13.1. The molecule has 0 fully saturated rings. The highest BCUT2D eigenvalue weighted by atomic mass is 32.2. The van der Waals surface area contributed by atoms with Crippen LogP contribution in [0.1, 0.15) is 17.3 Å². The van der Waals surface area contributed by atoms with Gasteiger partial charge in [-0.25, -0.2) is 9.97 Å². The number of hydrogen-bond donors (Lipinski definition) is 1. The van der Waals surface area contributed by atoms with Crippen molar-refractivity contribution in [2.75, 3.05) is 11.1 Å². The lowest BCUT2D eigenvalue weighted by atomic mass is 10.1. The van der Waals surface area contributed by atoms with Crippen LogP contribution in [0.15, 0.2) is 81.9 Å². The highest BCUT2D eigenvalue weighted by Crippen LogP contribution is 2.32. The molecule has 0 aliphatic heterocycles. The molecule has 27 heavy (non-hydrogen) atoms. The number of nitrogens with one attached hydrogen (secondary N) is 1. The van der Waals surface area contributed by atoms with E-state index in [1.54, 1.807) is 36.7 Å². The highest BCUT2D eigenvalue weighted by Gasteiger charge is 2.11. The van der Waals surface area contributed by atoms with Crippen molar-refractivity contribution in [1.82, 2.24) is 9.97 Å². The van der Waals surface area contributed by atoms with E-state index in [1.807, 2.05) is 30.3 Å². The van der Waals surface area contributed by atoms with Gasteiger partial charge < -0.3 is 5.32 Å². The third-order valence-electron chi connectivity index (χ3n) is 3.48. The van der Waals surface area contributed by atoms with E-state index in [2.05, 4.69) is 15.3 Å². The molecule has 0 spiro atoms. The maximum absolute atomic E-state index is 12.3. The Bertz CT molecular complexity index is 949. The van der Waals surface area contributed by atoms with Crippen molar-refractivity contribution in [3.8, 4) is 0 Å². The molecule has 5 nitrogen and oxygen atoms in total. The molecule has 1 aromatic heterocycles. The summed E-state index contributed by atoms with van der Waals surface area (Å²) in [6.45, 7) is 1.50. The van der Waals surface area contributed by atoms with Gasteiger partial charge in [-0.1, -0.05) is 53.9 Å². The van der Waals surface area contributed by atoms with E-state index in [0.717, 1.165) is 9.92 Å². The second-order valence-corrected chi connectivity index (χ2v) is 7.58. The maximum atomic E-state index is 12.3. The van der Waals surface area contributed by atoms with Crippen LogP contribution in [-0.2, 0) is 4.79 Å². The van der Waals surface area contributed by atoms with Crippen LogP contribution in [0.5, 0.6) is 0 Å². The predicted molar refractivity (Wildman–Crippen MR) is 108 cm³/mol. The number of benzene rings is 2. The number of aromatic nitrogens is 2. The molecule has 0 aliphatic carbocycles. The normalized spacial score (nSPS) is 10.4. The number of rotatable bonds is 7. The van der Waals surface area contributed by atoms with Crippen LogP contribution >= 0.6 is 23.5 Å². The van der Waals surface area contributed by atoms with Gasteiger partial charge in [0.2, 0.25) is 5.91 Å². The zero-order valence-corrected chi connectivity index (χ0v) is 16.2. The Morgan fingerprint density at radius 1 is 0.963 bits per heavy atom. The number of Topliss-reactive ketones (excluding diaryl/α,β-unsaturated/α-hetero) is 1. The summed E-state index contributed by atoms with van der Waals surface area (Å²) in [5.41, 5.74) is 1.17. The van der Waals surface area contributed by atoms with Crippen LogP contribution in [0.4, 0.5) is 5.69 Å². The Morgan fingerprint density at radius 2 is 1.70 bits per heavy atom. The first-order valence-corrected chi connectivity index (χ1v) is 9.99. The quantitative estimate of drug-likeness (QED) is 0.467. The van der Waals surface area contributed by atoms with Crippen molar-refractivity contribution in [3.63, 3.8) is 0 Å². The molecule has 0 saturated carbocycles. The second-order valence-electron chi connectivity index (χ2n) is 5.56. The average Bonchev–Trinajstić information content (AvgIpc) is 2.68. The molecule has 1 amide bonds. The summed E-state index contributed by atoms with van der Waals surface area (Å²) < 4.78 is 0. The van der Waals surface area contributed by atoms with Crippen LogP contribution in [-0.4, -0.2) is 27.4 Å². The van der Waals surface area contributed by atoms with Crippen LogP contribution in [0.2, 0.25) is 0 Å². The van der Waals surface area contributed by atoms with Crippen molar-refractivity contribution in [2.45, 2.75) is 21.9 Å². The monoisotopic (exact) mass is 395 g/mol. The average molecular weight is 396 g/mol. The number of carbonyl (C=O) groups is 2. The van der Waals surface area contributed by atoms with Gasteiger partial charge in [-0.2, -0.15) is 0 Å². The fraction of sp³-hybridized carbons (Fsp3) is 0.100. The fourth-order valence-electron chi connectivity index (χ4n) is 2.23. The summed E-state index contributed by atoms with van der Waals surface area (Å²) in [6.07, 6.45) is 3.26. The van der Waals surface area contributed by atoms with Gasteiger partial charge in [0.25, 0.3) is 0 Å². The molecule has 0 aliphatic rings. The van der Waals surface area contributed by atoms with Gasteiger partial charge in [-0.3, -0.25) is 9.59 Å². The Labute approximate surface area is 166 Å². The van der Waals surface area contributed by atoms with Gasteiger partial charge >= 0.3 is 0 Å². The SMILES string of the molecule is CC(=O)c1cccc(NC(=O)CSc2nccnc2Sc2ccccc2)c1. The van der Waals surface area contributed by atoms with E-state index in [4.69, 9.17) is 0 Å². The number of thioether (sulfide) groups is 1.